The number of methoxy groups -OCH3 is 1. The average molecular weight is 237 g/mol. The molecule has 1 rings (SSSR count). The van der Waals surface area contributed by atoms with Gasteiger partial charge in [0.25, 0.3) is 0 Å². The predicted octanol–water partition coefficient (Wildman–Crippen LogP) is -0.0160. The summed E-state index contributed by atoms with van der Waals surface area (Å²) in [7, 11) is 1.28. The molecule has 6 heteroatoms. The molecule has 5 nitrogen and oxygen atoms in total. The smallest absolute Gasteiger partial charge is 0.326 e. The number of oxime groups is 1. The molecule has 0 aromatic rings. The Hall–Kier alpha value is -0.620. The van der Waals surface area contributed by atoms with E-state index in [0.29, 0.717) is 11.0 Å². The predicted molar refractivity (Wildman–Crippen MR) is 45.8 cm³/mol. The van der Waals surface area contributed by atoms with Gasteiger partial charge < -0.3 is 15.3 Å². The molecule has 0 unspecified atom stereocenters. The van der Waals surface area contributed by atoms with Gasteiger partial charge in [-0.05, 0) is 15.9 Å². The van der Waals surface area contributed by atoms with Crippen LogP contribution in [0, 0.1) is 0 Å². The topological polar surface area (TPSA) is 73.9 Å². The molecule has 1 aliphatic heterocycles. The third-order valence-corrected chi connectivity index (χ3v) is 2.00. The Bertz CT molecular complexity index is 219. The molecule has 0 saturated heterocycles. The number of carbonyl (C=O) groups excluding carboxylic acids is 1. The lowest BCUT2D eigenvalue weighted by Gasteiger charge is -2.13. The van der Waals surface area contributed by atoms with E-state index in [4.69, 9.17) is 10.6 Å². The molecule has 12 heavy (non-hydrogen) atoms. The van der Waals surface area contributed by atoms with Gasteiger partial charge in [-0.2, -0.15) is 0 Å². The van der Waals surface area contributed by atoms with Crippen LogP contribution in [0.1, 0.15) is 6.42 Å². The van der Waals surface area contributed by atoms with Crippen molar-refractivity contribution in [1.29, 1.82) is 0 Å². The summed E-state index contributed by atoms with van der Waals surface area (Å²) in [5.41, 5.74) is 5.50. The molecule has 0 spiro atoms. The summed E-state index contributed by atoms with van der Waals surface area (Å²) in [6.45, 7) is 0. The maximum absolute atomic E-state index is 10.9. The lowest BCUT2D eigenvalue weighted by atomic mass is 10.1. The van der Waals surface area contributed by atoms with Crippen LogP contribution >= 0.6 is 15.9 Å². The number of halogens is 1. The van der Waals surface area contributed by atoms with Crippen LogP contribution in [0.4, 0.5) is 0 Å². The van der Waals surface area contributed by atoms with Crippen molar-refractivity contribution in [2.24, 2.45) is 10.9 Å². The standard InChI is InChI=1S/C6H9BrN2O3/c1-11-6(10)5(8)3-2-4(7)9-12-3/h3,5H,2,8H2,1H3/t3-,5-/m0/s1. The van der Waals surface area contributed by atoms with Gasteiger partial charge >= 0.3 is 5.97 Å². The van der Waals surface area contributed by atoms with Gasteiger partial charge in [-0.1, -0.05) is 5.16 Å². The zero-order valence-corrected chi connectivity index (χ0v) is 8.08. The van der Waals surface area contributed by atoms with Crippen molar-refractivity contribution in [2.45, 2.75) is 18.6 Å². The van der Waals surface area contributed by atoms with Gasteiger partial charge in [-0.15, -0.1) is 0 Å². The van der Waals surface area contributed by atoms with E-state index in [1.54, 1.807) is 0 Å². The summed E-state index contributed by atoms with van der Waals surface area (Å²) < 4.78 is 5.11. The van der Waals surface area contributed by atoms with Crippen molar-refractivity contribution in [3.63, 3.8) is 0 Å². The van der Waals surface area contributed by atoms with Gasteiger partial charge in [-0.3, -0.25) is 4.79 Å². The largest absolute Gasteiger partial charge is 0.468 e. The van der Waals surface area contributed by atoms with Gasteiger partial charge in [-0.25, -0.2) is 0 Å². The lowest BCUT2D eigenvalue weighted by molar-refractivity contribution is -0.145. The summed E-state index contributed by atoms with van der Waals surface area (Å²) >= 11 is 3.14. The Kier molecular flexibility index (Phi) is 3.05. The second-order valence-corrected chi connectivity index (χ2v) is 3.28. The van der Waals surface area contributed by atoms with Crippen LogP contribution in [-0.4, -0.2) is 29.8 Å². The maximum Gasteiger partial charge on any atom is 0.326 e. The number of hydrogen-bond donors (Lipinski definition) is 1. The normalized spacial score (nSPS) is 24.2. The van der Waals surface area contributed by atoms with Crippen LogP contribution in [0.5, 0.6) is 0 Å². The van der Waals surface area contributed by atoms with Crippen LogP contribution in [0.3, 0.4) is 0 Å². The van der Waals surface area contributed by atoms with E-state index in [1.165, 1.54) is 7.11 Å². The first kappa shape index (κ1) is 9.47. The molecule has 0 bridgehead atoms. The van der Waals surface area contributed by atoms with Crippen molar-refractivity contribution in [2.75, 3.05) is 7.11 Å². The van der Waals surface area contributed by atoms with E-state index in [2.05, 4.69) is 25.8 Å². The number of hydrogen-bond acceptors (Lipinski definition) is 5. The molecule has 1 aliphatic rings. The van der Waals surface area contributed by atoms with Crippen molar-refractivity contribution >= 4 is 26.5 Å². The third kappa shape index (κ3) is 1.95. The summed E-state index contributed by atoms with van der Waals surface area (Å²) in [4.78, 5) is 15.8. The van der Waals surface area contributed by atoms with Gasteiger partial charge in [0.1, 0.15) is 10.7 Å². The van der Waals surface area contributed by atoms with Crippen molar-refractivity contribution in [3.8, 4) is 0 Å². The zero-order chi connectivity index (χ0) is 9.14. The Morgan fingerprint density at radius 2 is 2.67 bits per heavy atom. The van der Waals surface area contributed by atoms with Crippen LogP contribution in [0.25, 0.3) is 0 Å². The molecular weight excluding hydrogens is 228 g/mol. The monoisotopic (exact) mass is 236 g/mol. The Morgan fingerprint density at radius 3 is 3.08 bits per heavy atom. The molecule has 0 radical (unpaired) electrons. The van der Waals surface area contributed by atoms with Gasteiger partial charge in [0.05, 0.1) is 7.11 Å². The van der Waals surface area contributed by atoms with E-state index in [9.17, 15) is 4.79 Å². The van der Waals surface area contributed by atoms with Crippen molar-refractivity contribution in [1.82, 2.24) is 0 Å². The number of esters is 1. The first-order chi connectivity index (χ1) is 5.65. The second-order valence-electron chi connectivity index (χ2n) is 2.36. The number of nitrogens with two attached hydrogens (primary N) is 1. The number of nitrogens with zero attached hydrogens (tertiary/aromatic N) is 1. The fourth-order valence-corrected chi connectivity index (χ4v) is 1.25. The summed E-state index contributed by atoms with van der Waals surface area (Å²) in [5, 5.41) is 3.60. The average Bonchev–Trinajstić information content (AvgIpc) is 2.49. The molecule has 1 heterocycles. The lowest BCUT2D eigenvalue weighted by Crippen LogP contribution is -2.42. The highest BCUT2D eigenvalue weighted by Gasteiger charge is 2.31. The molecular formula is C6H9BrN2O3. The van der Waals surface area contributed by atoms with Crippen LogP contribution < -0.4 is 5.73 Å². The summed E-state index contributed by atoms with van der Waals surface area (Å²) in [6, 6.07) is -0.770. The van der Waals surface area contributed by atoms with Gasteiger partial charge in [0, 0.05) is 6.42 Å². The molecule has 0 fully saturated rings. The molecule has 0 amide bonds. The fraction of sp³-hybridized carbons (Fsp3) is 0.667. The molecule has 68 valence electrons. The molecule has 2 atom stereocenters. The van der Waals surface area contributed by atoms with E-state index in [0.717, 1.165) is 0 Å². The highest BCUT2D eigenvalue weighted by Crippen LogP contribution is 2.16. The SMILES string of the molecule is COC(=O)[C@@H](N)[C@@H]1CC(Br)=NO1. The highest BCUT2D eigenvalue weighted by molar-refractivity contribution is 9.18. The minimum absolute atomic E-state index is 0.410. The first-order valence-electron chi connectivity index (χ1n) is 3.36. The Labute approximate surface area is 78.0 Å². The zero-order valence-electron chi connectivity index (χ0n) is 6.49. The minimum atomic E-state index is -0.770. The van der Waals surface area contributed by atoms with Crippen molar-refractivity contribution in [3.05, 3.63) is 0 Å². The van der Waals surface area contributed by atoms with Crippen LogP contribution in [-0.2, 0) is 14.4 Å². The second kappa shape index (κ2) is 3.86. The number of carbonyl (C=O) groups is 1. The van der Waals surface area contributed by atoms with E-state index < -0.39 is 18.1 Å². The van der Waals surface area contributed by atoms with Gasteiger partial charge in [0.2, 0.25) is 0 Å². The summed E-state index contributed by atoms with van der Waals surface area (Å²) in [5.74, 6) is -0.489. The number of ether oxygens (including phenoxy) is 1. The molecule has 0 saturated carbocycles. The fourth-order valence-electron chi connectivity index (χ4n) is 0.846. The van der Waals surface area contributed by atoms with Crippen molar-refractivity contribution < 1.29 is 14.4 Å². The first-order valence-corrected chi connectivity index (χ1v) is 4.16. The quantitative estimate of drug-likeness (QED) is 0.685. The Morgan fingerprint density at radius 1 is 2.00 bits per heavy atom. The number of rotatable bonds is 2. The molecule has 0 aliphatic carbocycles. The Balaban J connectivity index is 2.45. The molecule has 2 N–H and O–H groups in total. The van der Waals surface area contributed by atoms with E-state index in [1.807, 2.05) is 0 Å². The molecule has 0 aromatic carbocycles. The van der Waals surface area contributed by atoms with Crippen LogP contribution in [0.2, 0.25) is 0 Å². The maximum atomic E-state index is 10.9. The van der Waals surface area contributed by atoms with Gasteiger partial charge in [0.15, 0.2) is 6.10 Å². The minimum Gasteiger partial charge on any atom is -0.468 e. The third-order valence-electron chi connectivity index (χ3n) is 1.53. The highest BCUT2D eigenvalue weighted by atomic mass is 79.9. The van der Waals surface area contributed by atoms with E-state index >= 15 is 0 Å². The molecule has 0 aromatic heterocycles. The van der Waals surface area contributed by atoms with E-state index in [-0.39, 0.29) is 0 Å². The van der Waals surface area contributed by atoms with Crippen LogP contribution in [0.15, 0.2) is 5.16 Å². The summed E-state index contributed by atoms with van der Waals surface area (Å²) in [6.07, 6.45) is 0.0998.